The van der Waals surface area contributed by atoms with Crippen molar-refractivity contribution in [2.45, 2.75) is 19.4 Å². The lowest BCUT2D eigenvalue weighted by molar-refractivity contribution is 0.334. The summed E-state index contributed by atoms with van der Waals surface area (Å²) in [6.45, 7) is 3.43. The van der Waals surface area contributed by atoms with Crippen LogP contribution in [0.4, 0.5) is 0 Å². The van der Waals surface area contributed by atoms with E-state index in [1.165, 1.54) is 17.7 Å². The SMILES string of the molecule is c1csc(-c2nccn2CC2CCNCC2)c1. The topological polar surface area (TPSA) is 29.9 Å². The highest BCUT2D eigenvalue weighted by molar-refractivity contribution is 7.13. The summed E-state index contributed by atoms with van der Waals surface area (Å²) in [5.74, 6) is 1.92. The predicted molar refractivity (Wildman–Crippen MR) is 71.1 cm³/mol. The zero-order valence-corrected chi connectivity index (χ0v) is 10.6. The number of aromatic nitrogens is 2. The lowest BCUT2D eigenvalue weighted by Gasteiger charge is -2.23. The smallest absolute Gasteiger partial charge is 0.149 e. The molecular weight excluding hydrogens is 230 g/mol. The predicted octanol–water partition coefficient (Wildman–Crippen LogP) is 2.61. The zero-order chi connectivity index (χ0) is 11.5. The Bertz CT molecular complexity index is 455. The summed E-state index contributed by atoms with van der Waals surface area (Å²) < 4.78 is 2.31. The molecule has 0 spiro atoms. The van der Waals surface area contributed by atoms with Gasteiger partial charge in [-0.2, -0.15) is 0 Å². The van der Waals surface area contributed by atoms with E-state index in [9.17, 15) is 0 Å². The van der Waals surface area contributed by atoms with Crippen LogP contribution < -0.4 is 5.32 Å². The maximum atomic E-state index is 4.48. The standard InChI is InChI=1S/C13H17N3S/c1-2-12(17-9-1)13-15-7-8-16(13)10-11-3-5-14-6-4-11/h1-2,7-9,11,14H,3-6,10H2. The molecule has 0 aliphatic carbocycles. The Kier molecular flexibility index (Phi) is 3.25. The lowest BCUT2D eigenvalue weighted by atomic mass is 9.98. The third kappa shape index (κ3) is 2.42. The summed E-state index contributed by atoms with van der Waals surface area (Å²) in [4.78, 5) is 5.75. The van der Waals surface area contributed by atoms with Crippen LogP contribution in [0.1, 0.15) is 12.8 Å². The van der Waals surface area contributed by atoms with E-state index in [0.29, 0.717) is 0 Å². The minimum absolute atomic E-state index is 0.796. The molecule has 0 saturated carbocycles. The van der Waals surface area contributed by atoms with Gasteiger partial charge >= 0.3 is 0 Å². The second-order valence-corrected chi connectivity index (χ2v) is 5.52. The number of hydrogen-bond donors (Lipinski definition) is 1. The fourth-order valence-corrected chi connectivity index (χ4v) is 3.17. The minimum atomic E-state index is 0.796. The van der Waals surface area contributed by atoms with Crippen LogP contribution >= 0.6 is 11.3 Å². The molecule has 3 heterocycles. The van der Waals surface area contributed by atoms with Crippen molar-refractivity contribution in [2.24, 2.45) is 5.92 Å². The highest BCUT2D eigenvalue weighted by Crippen LogP contribution is 2.24. The molecule has 1 saturated heterocycles. The molecule has 2 aromatic rings. The quantitative estimate of drug-likeness (QED) is 0.903. The van der Waals surface area contributed by atoms with Crippen LogP contribution in [0, 0.1) is 5.92 Å². The highest BCUT2D eigenvalue weighted by atomic mass is 32.1. The number of rotatable bonds is 3. The van der Waals surface area contributed by atoms with Gasteiger partial charge in [0, 0.05) is 18.9 Å². The van der Waals surface area contributed by atoms with E-state index in [2.05, 4.69) is 38.6 Å². The van der Waals surface area contributed by atoms with Gasteiger partial charge in [-0.05, 0) is 43.3 Å². The fourth-order valence-electron chi connectivity index (χ4n) is 2.43. The third-order valence-electron chi connectivity index (χ3n) is 3.37. The van der Waals surface area contributed by atoms with E-state index in [1.807, 2.05) is 6.20 Å². The maximum Gasteiger partial charge on any atom is 0.149 e. The Morgan fingerprint density at radius 1 is 1.41 bits per heavy atom. The Labute approximate surface area is 106 Å². The maximum absolute atomic E-state index is 4.48. The summed E-state index contributed by atoms with van der Waals surface area (Å²) in [5.41, 5.74) is 0. The Morgan fingerprint density at radius 3 is 3.06 bits per heavy atom. The molecule has 1 aliphatic rings. The molecule has 0 radical (unpaired) electrons. The number of imidazole rings is 1. The minimum Gasteiger partial charge on any atom is -0.330 e. The molecule has 2 aromatic heterocycles. The Morgan fingerprint density at radius 2 is 2.29 bits per heavy atom. The molecule has 17 heavy (non-hydrogen) atoms. The fraction of sp³-hybridized carbons (Fsp3) is 0.462. The van der Waals surface area contributed by atoms with Gasteiger partial charge in [0.25, 0.3) is 0 Å². The molecule has 1 fully saturated rings. The molecule has 4 heteroatoms. The second-order valence-electron chi connectivity index (χ2n) is 4.57. The summed E-state index contributed by atoms with van der Waals surface area (Å²) in [6.07, 6.45) is 6.58. The van der Waals surface area contributed by atoms with Crippen LogP contribution in [0.25, 0.3) is 10.7 Å². The lowest BCUT2D eigenvalue weighted by Crippen LogP contribution is -2.29. The van der Waals surface area contributed by atoms with E-state index in [4.69, 9.17) is 0 Å². The molecule has 0 amide bonds. The van der Waals surface area contributed by atoms with Crippen LogP contribution in [0.2, 0.25) is 0 Å². The van der Waals surface area contributed by atoms with Gasteiger partial charge in [0.2, 0.25) is 0 Å². The molecule has 0 atom stereocenters. The van der Waals surface area contributed by atoms with Gasteiger partial charge in [-0.15, -0.1) is 11.3 Å². The second kappa shape index (κ2) is 5.02. The van der Waals surface area contributed by atoms with Gasteiger partial charge < -0.3 is 9.88 Å². The van der Waals surface area contributed by atoms with Crippen LogP contribution in [0.15, 0.2) is 29.9 Å². The van der Waals surface area contributed by atoms with Crippen molar-refractivity contribution in [1.82, 2.24) is 14.9 Å². The van der Waals surface area contributed by atoms with Crippen molar-refractivity contribution in [3.63, 3.8) is 0 Å². The monoisotopic (exact) mass is 247 g/mol. The van der Waals surface area contributed by atoms with Gasteiger partial charge in [-0.1, -0.05) is 6.07 Å². The number of piperidine rings is 1. The molecule has 1 N–H and O–H groups in total. The van der Waals surface area contributed by atoms with Crippen LogP contribution in [-0.2, 0) is 6.54 Å². The Hall–Kier alpha value is -1.13. The van der Waals surface area contributed by atoms with E-state index >= 15 is 0 Å². The van der Waals surface area contributed by atoms with Crippen molar-refractivity contribution in [3.8, 4) is 10.7 Å². The molecule has 3 nitrogen and oxygen atoms in total. The van der Waals surface area contributed by atoms with Gasteiger partial charge in [-0.25, -0.2) is 4.98 Å². The Balaban J connectivity index is 1.77. The molecule has 0 unspecified atom stereocenters. The van der Waals surface area contributed by atoms with E-state index in [1.54, 1.807) is 11.3 Å². The number of thiophene rings is 1. The molecule has 0 bridgehead atoms. The van der Waals surface area contributed by atoms with E-state index in [0.717, 1.165) is 31.4 Å². The number of nitrogens with one attached hydrogen (secondary N) is 1. The first kappa shape index (κ1) is 11.0. The largest absolute Gasteiger partial charge is 0.330 e. The number of hydrogen-bond acceptors (Lipinski definition) is 3. The highest BCUT2D eigenvalue weighted by Gasteiger charge is 2.15. The normalized spacial score (nSPS) is 17.4. The van der Waals surface area contributed by atoms with Crippen LogP contribution in [0.3, 0.4) is 0 Å². The van der Waals surface area contributed by atoms with Crippen LogP contribution in [-0.4, -0.2) is 22.6 Å². The molecule has 90 valence electrons. The zero-order valence-electron chi connectivity index (χ0n) is 9.80. The van der Waals surface area contributed by atoms with Gasteiger partial charge in [0.05, 0.1) is 4.88 Å². The summed E-state index contributed by atoms with van der Waals surface area (Å²) in [5, 5.41) is 5.52. The molecular formula is C13H17N3S. The first-order valence-corrected chi connectivity index (χ1v) is 7.07. The van der Waals surface area contributed by atoms with Crippen molar-refractivity contribution < 1.29 is 0 Å². The van der Waals surface area contributed by atoms with Crippen LogP contribution in [0.5, 0.6) is 0 Å². The van der Waals surface area contributed by atoms with Crippen molar-refractivity contribution in [1.29, 1.82) is 0 Å². The molecule has 3 rings (SSSR count). The summed E-state index contributed by atoms with van der Waals surface area (Å²) >= 11 is 1.76. The average molecular weight is 247 g/mol. The summed E-state index contributed by atoms with van der Waals surface area (Å²) in [7, 11) is 0. The third-order valence-corrected chi connectivity index (χ3v) is 4.24. The van der Waals surface area contributed by atoms with E-state index in [-0.39, 0.29) is 0 Å². The number of nitrogens with zero attached hydrogens (tertiary/aromatic N) is 2. The molecule has 0 aromatic carbocycles. The van der Waals surface area contributed by atoms with Gasteiger partial charge in [-0.3, -0.25) is 0 Å². The molecule has 1 aliphatic heterocycles. The van der Waals surface area contributed by atoms with Gasteiger partial charge in [0.15, 0.2) is 0 Å². The first-order chi connectivity index (χ1) is 8.43. The van der Waals surface area contributed by atoms with Crippen molar-refractivity contribution in [3.05, 3.63) is 29.9 Å². The van der Waals surface area contributed by atoms with Crippen molar-refractivity contribution in [2.75, 3.05) is 13.1 Å². The first-order valence-electron chi connectivity index (χ1n) is 6.19. The average Bonchev–Trinajstić information content (AvgIpc) is 3.00. The summed E-state index contributed by atoms with van der Waals surface area (Å²) in [6, 6.07) is 4.23. The van der Waals surface area contributed by atoms with Crippen molar-refractivity contribution >= 4 is 11.3 Å². The van der Waals surface area contributed by atoms with E-state index < -0.39 is 0 Å². The van der Waals surface area contributed by atoms with Gasteiger partial charge in [0.1, 0.15) is 5.82 Å².